The van der Waals surface area contributed by atoms with Gasteiger partial charge in [-0.1, -0.05) is 11.6 Å². The van der Waals surface area contributed by atoms with Crippen molar-refractivity contribution in [2.24, 2.45) is 11.3 Å². The van der Waals surface area contributed by atoms with Gasteiger partial charge in [0.05, 0.1) is 10.6 Å². The molecule has 1 heterocycles. The smallest absolute Gasteiger partial charge is 0.254 e. The highest BCUT2D eigenvalue weighted by Crippen LogP contribution is 2.60. The first-order valence-electron chi connectivity index (χ1n) is 8.34. The summed E-state index contributed by atoms with van der Waals surface area (Å²) in [7, 11) is 3.46. The number of hydrogen-bond donors (Lipinski definition) is 1. The van der Waals surface area contributed by atoms with Crippen LogP contribution in [0.5, 0.6) is 0 Å². The molecule has 3 rings (SSSR count). The molecule has 1 saturated carbocycles. The molecule has 1 aromatic carbocycles. The summed E-state index contributed by atoms with van der Waals surface area (Å²) in [4.78, 5) is 15.9. The van der Waals surface area contributed by atoms with E-state index < -0.39 is 0 Å². The van der Waals surface area contributed by atoms with E-state index in [1.54, 1.807) is 19.0 Å². The Hall–Kier alpha value is -1.26. The molecule has 1 aromatic rings. The van der Waals surface area contributed by atoms with Crippen LogP contribution < -0.4 is 4.90 Å². The summed E-state index contributed by atoms with van der Waals surface area (Å²) in [5.41, 5.74) is 2.14. The van der Waals surface area contributed by atoms with Gasteiger partial charge in [-0.15, -0.1) is 0 Å². The number of aliphatic hydroxyl groups excluding tert-OH is 1. The highest BCUT2D eigenvalue weighted by atomic mass is 35.5. The molecule has 1 atom stereocenters. The molecule has 5 heteroatoms. The minimum absolute atomic E-state index is 0.0658. The van der Waals surface area contributed by atoms with Crippen molar-refractivity contribution in [3.8, 4) is 0 Å². The molecule has 4 nitrogen and oxygen atoms in total. The number of benzene rings is 1. The molecule has 23 heavy (non-hydrogen) atoms. The Morgan fingerprint density at radius 1 is 1.39 bits per heavy atom. The zero-order valence-corrected chi connectivity index (χ0v) is 14.6. The zero-order valence-electron chi connectivity index (χ0n) is 13.9. The second-order valence-corrected chi connectivity index (χ2v) is 7.53. The molecule has 2 fully saturated rings. The number of carbonyl (C=O) groups is 1. The van der Waals surface area contributed by atoms with Gasteiger partial charge >= 0.3 is 0 Å². The van der Waals surface area contributed by atoms with E-state index in [4.69, 9.17) is 16.7 Å². The Morgan fingerprint density at radius 3 is 2.65 bits per heavy atom. The molecule has 0 bridgehead atoms. The zero-order chi connectivity index (χ0) is 16.6. The lowest BCUT2D eigenvalue weighted by Crippen LogP contribution is -2.35. The topological polar surface area (TPSA) is 43.8 Å². The van der Waals surface area contributed by atoms with Crippen molar-refractivity contribution in [1.82, 2.24) is 4.90 Å². The predicted molar refractivity (Wildman–Crippen MR) is 93.2 cm³/mol. The van der Waals surface area contributed by atoms with Crippen molar-refractivity contribution in [1.29, 1.82) is 0 Å². The van der Waals surface area contributed by atoms with Crippen molar-refractivity contribution in [2.45, 2.75) is 25.7 Å². The summed E-state index contributed by atoms with van der Waals surface area (Å²) in [5.74, 6) is 0.655. The van der Waals surface area contributed by atoms with Crippen molar-refractivity contribution in [3.63, 3.8) is 0 Å². The van der Waals surface area contributed by atoms with Crippen LogP contribution in [0.1, 0.15) is 36.0 Å². The minimum atomic E-state index is -0.0658. The molecule has 2 aliphatic rings. The average molecular weight is 337 g/mol. The molecule has 0 radical (unpaired) electrons. The van der Waals surface area contributed by atoms with Crippen LogP contribution in [0.2, 0.25) is 5.02 Å². The van der Waals surface area contributed by atoms with Crippen LogP contribution in [0.3, 0.4) is 0 Å². The number of aliphatic hydroxyl groups is 1. The van der Waals surface area contributed by atoms with Gasteiger partial charge in [0, 0.05) is 39.5 Å². The Morgan fingerprint density at radius 2 is 2.09 bits per heavy atom. The largest absolute Gasteiger partial charge is 0.396 e. The van der Waals surface area contributed by atoms with Gasteiger partial charge < -0.3 is 14.9 Å². The monoisotopic (exact) mass is 336 g/mol. The molecule has 1 spiro atoms. The second kappa shape index (κ2) is 6.33. The lowest BCUT2D eigenvalue weighted by atomic mass is 9.90. The summed E-state index contributed by atoms with van der Waals surface area (Å²) >= 11 is 6.32. The van der Waals surface area contributed by atoms with Crippen LogP contribution in [-0.2, 0) is 0 Å². The number of piperidine rings is 1. The molecule has 0 aromatic heterocycles. The van der Waals surface area contributed by atoms with Gasteiger partial charge in [-0.3, -0.25) is 4.79 Å². The van der Waals surface area contributed by atoms with E-state index in [0.717, 1.165) is 31.1 Å². The minimum Gasteiger partial charge on any atom is -0.396 e. The SMILES string of the molecule is CN(C)C(=O)c1ccc(N2CCC3(CC2)CC3CCO)cc1Cl. The standard InChI is InChI=1S/C18H25ClN2O2/c1-20(2)17(23)15-4-3-14(11-16(15)19)21-8-6-18(7-9-21)12-13(18)5-10-22/h3-4,11,13,22H,5-10,12H2,1-2H3. The first kappa shape index (κ1) is 16.6. The fraction of sp³-hybridized carbons (Fsp3) is 0.611. The van der Waals surface area contributed by atoms with Crippen LogP contribution in [0, 0.1) is 11.3 Å². The Labute approximate surface area is 143 Å². The molecule has 126 valence electrons. The summed E-state index contributed by atoms with van der Waals surface area (Å²) < 4.78 is 0. The maximum atomic E-state index is 12.1. The van der Waals surface area contributed by atoms with Gasteiger partial charge in [0.15, 0.2) is 0 Å². The molecular weight excluding hydrogens is 312 g/mol. The van der Waals surface area contributed by atoms with Crippen molar-refractivity contribution < 1.29 is 9.90 Å². The number of nitrogens with zero attached hydrogens (tertiary/aromatic N) is 2. The highest BCUT2D eigenvalue weighted by molar-refractivity contribution is 6.34. The second-order valence-electron chi connectivity index (χ2n) is 7.13. The van der Waals surface area contributed by atoms with Gasteiger partial charge in [-0.2, -0.15) is 0 Å². The van der Waals surface area contributed by atoms with Gasteiger partial charge in [0.2, 0.25) is 0 Å². The first-order chi connectivity index (χ1) is 11.0. The number of halogens is 1. The number of hydrogen-bond acceptors (Lipinski definition) is 3. The maximum Gasteiger partial charge on any atom is 0.254 e. The number of anilines is 1. The van der Waals surface area contributed by atoms with E-state index in [1.165, 1.54) is 19.3 Å². The Balaban J connectivity index is 1.65. The summed E-state index contributed by atoms with van der Waals surface area (Å²) in [6, 6.07) is 5.74. The molecular formula is C18H25ClN2O2. The third-order valence-electron chi connectivity index (χ3n) is 5.55. The van der Waals surface area contributed by atoms with Gasteiger partial charge in [-0.05, 0) is 55.2 Å². The predicted octanol–water partition coefficient (Wildman–Crippen LogP) is 3.03. The fourth-order valence-corrected chi connectivity index (χ4v) is 4.19. The Kier molecular flexibility index (Phi) is 4.56. The number of rotatable bonds is 4. The number of carbonyl (C=O) groups excluding carboxylic acids is 1. The normalized spacial score (nSPS) is 22.3. The van der Waals surface area contributed by atoms with Crippen LogP contribution in [-0.4, -0.2) is 49.7 Å². The van der Waals surface area contributed by atoms with Gasteiger partial charge in [-0.25, -0.2) is 0 Å². The van der Waals surface area contributed by atoms with E-state index in [2.05, 4.69) is 4.90 Å². The van der Waals surface area contributed by atoms with Crippen LogP contribution >= 0.6 is 11.6 Å². The van der Waals surface area contributed by atoms with Gasteiger partial charge in [0.25, 0.3) is 5.91 Å². The summed E-state index contributed by atoms with van der Waals surface area (Å²) in [6.45, 7) is 2.37. The van der Waals surface area contributed by atoms with Crippen LogP contribution in [0.4, 0.5) is 5.69 Å². The molecule has 1 unspecified atom stereocenters. The molecule has 1 aliphatic heterocycles. The molecule has 1 saturated heterocycles. The third kappa shape index (κ3) is 3.20. The quantitative estimate of drug-likeness (QED) is 0.919. The van der Waals surface area contributed by atoms with Crippen LogP contribution in [0.25, 0.3) is 0 Å². The number of amides is 1. The van der Waals surface area contributed by atoms with E-state index in [1.807, 2.05) is 18.2 Å². The lowest BCUT2D eigenvalue weighted by molar-refractivity contribution is 0.0828. The van der Waals surface area contributed by atoms with E-state index in [0.29, 0.717) is 22.6 Å². The molecule has 1 amide bonds. The van der Waals surface area contributed by atoms with Crippen LogP contribution in [0.15, 0.2) is 18.2 Å². The van der Waals surface area contributed by atoms with Gasteiger partial charge in [0.1, 0.15) is 0 Å². The van der Waals surface area contributed by atoms with Crippen molar-refractivity contribution >= 4 is 23.2 Å². The average Bonchev–Trinajstić information content (AvgIpc) is 3.19. The molecule has 1 aliphatic carbocycles. The fourth-order valence-electron chi connectivity index (χ4n) is 3.93. The maximum absolute atomic E-state index is 12.1. The molecule has 1 N–H and O–H groups in total. The van der Waals surface area contributed by atoms with Crippen molar-refractivity contribution in [2.75, 3.05) is 38.7 Å². The Bertz CT molecular complexity index is 595. The first-order valence-corrected chi connectivity index (χ1v) is 8.72. The highest BCUT2D eigenvalue weighted by Gasteiger charge is 2.53. The summed E-state index contributed by atoms with van der Waals surface area (Å²) in [5, 5.41) is 9.62. The summed E-state index contributed by atoms with van der Waals surface area (Å²) in [6.07, 6.45) is 4.60. The van der Waals surface area contributed by atoms with E-state index >= 15 is 0 Å². The lowest BCUT2D eigenvalue weighted by Gasteiger charge is -2.35. The van der Waals surface area contributed by atoms with E-state index in [9.17, 15) is 4.79 Å². The van der Waals surface area contributed by atoms with E-state index in [-0.39, 0.29) is 5.91 Å². The van der Waals surface area contributed by atoms with Crippen molar-refractivity contribution in [3.05, 3.63) is 28.8 Å². The third-order valence-corrected chi connectivity index (χ3v) is 5.86.